The third-order valence-corrected chi connectivity index (χ3v) is 4.41. The number of hydrogen-bond acceptors (Lipinski definition) is 6. The van der Waals surface area contributed by atoms with Gasteiger partial charge in [-0.25, -0.2) is 4.79 Å². The number of nitrogens with one attached hydrogen (secondary N) is 3. The predicted octanol–water partition coefficient (Wildman–Crippen LogP) is -0.295. The lowest BCUT2D eigenvalue weighted by Gasteiger charge is -2.22. The summed E-state index contributed by atoms with van der Waals surface area (Å²) in [4.78, 5) is 48.1. The van der Waals surface area contributed by atoms with Crippen molar-refractivity contribution in [1.29, 1.82) is 0 Å². The quantitative estimate of drug-likeness (QED) is 0.194. The molecule has 30 heavy (non-hydrogen) atoms. The van der Waals surface area contributed by atoms with Crippen molar-refractivity contribution in [3.63, 3.8) is 0 Å². The lowest BCUT2D eigenvalue weighted by molar-refractivity contribution is -0.142. The van der Waals surface area contributed by atoms with E-state index >= 15 is 0 Å². The molecule has 0 fully saturated rings. The molecule has 10 nitrogen and oxygen atoms in total. The summed E-state index contributed by atoms with van der Waals surface area (Å²) in [5.74, 6) is -2.48. The molecule has 3 atom stereocenters. The Morgan fingerprint density at radius 2 is 1.43 bits per heavy atom. The Morgan fingerprint density at radius 3 is 1.93 bits per heavy atom. The number of carboxylic acids is 1. The normalized spacial score (nSPS) is 14.1. The number of nitrogens with two attached hydrogens (primary N) is 2. The molecule has 0 aromatic carbocycles. The Morgan fingerprint density at radius 1 is 0.867 bits per heavy atom. The maximum Gasteiger partial charge on any atom is 0.326 e. The fraction of sp³-hybridized carbons (Fsp3) is 0.800. The fourth-order valence-electron chi connectivity index (χ4n) is 2.85. The zero-order valence-corrected chi connectivity index (χ0v) is 18.6. The highest BCUT2D eigenvalue weighted by Crippen LogP contribution is 2.07. The Kier molecular flexibility index (Phi) is 13.7. The summed E-state index contributed by atoms with van der Waals surface area (Å²) in [6.45, 7) is 7.66. The number of amides is 3. The molecule has 0 spiro atoms. The molecule has 0 radical (unpaired) electrons. The zero-order chi connectivity index (χ0) is 23.3. The van der Waals surface area contributed by atoms with Crippen LogP contribution in [0.15, 0.2) is 0 Å². The second kappa shape index (κ2) is 14.7. The van der Waals surface area contributed by atoms with Crippen LogP contribution in [0, 0.1) is 11.8 Å². The Hall–Kier alpha value is -2.20. The summed E-state index contributed by atoms with van der Waals surface area (Å²) in [6, 6.07) is -2.60. The maximum absolute atomic E-state index is 12.5. The molecule has 0 aliphatic rings. The molecule has 0 rings (SSSR count). The number of carbonyl (C=O) groups excluding carboxylic acids is 3. The van der Waals surface area contributed by atoms with E-state index in [0.29, 0.717) is 25.8 Å². The largest absolute Gasteiger partial charge is 0.480 e. The first kappa shape index (κ1) is 27.8. The van der Waals surface area contributed by atoms with E-state index in [1.807, 2.05) is 27.7 Å². The highest BCUT2D eigenvalue weighted by molar-refractivity contribution is 5.92. The van der Waals surface area contributed by atoms with E-state index in [0.717, 1.165) is 6.42 Å². The van der Waals surface area contributed by atoms with Gasteiger partial charge in [-0.2, -0.15) is 0 Å². The molecule has 0 bridgehead atoms. The van der Waals surface area contributed by atoms with Crippen LogP contribution in [0.5, 0.6) is 0 Å². The van der Waals surface area contributed by atoms with Gasteiger partial charge >= 0.3 is 5.97 Å². The number of hydrogen-bond donors (Lipinski definition) is 6. The van der Waals surface area contributed by atoms with Gasteiger partial charge in [0.2, 0.25) is 17.7 Å². The minimum atomic E-state index is -1.13. The Bertz CT molecular complexity index is 568. The van der Waals surface area contributed by atoms with Gasteiger partial charge in [-0.3, -0.25) is 14.4 Å². The number of carbonyl (C=O) groups is 4. The molecule has 0 saturated carbocycles. The first-order chi connectivity index (χ1) is 14.0. The molecule has 0 aliphatic heterocycles. The van der Waals surface area contributed by atoms with Crippen LogP contribution in [0.2, 0.25) is 0 Å². The van der Waals surface area contributed by atoms with E-state index in [-0.39, 0.29) is 24.8 Å². The summed E-state index contributed by atoms with van der Waals surface area (Å²) in [7, 11) is 0. The number of unbranched alkanes of at least 4 members (excludes halogenated alkanes) is 1. The second-order valence-electron chi connectivity index (χ2n) is 8.39. The van der Waals surface area contributed by atoms with Gasteiger partial charge < -0.3 is 32.5 Å². The molecule has 3 amide bonds. The van der Waals surface area contributed by atoms with E-state index in [1.54, 1.807) is 0 Å². The average Bonchev–Trinajstić information content (AvgIpc) is 2.64. The summed E-state index contributed by atoms with van der Waals surface area (Å²) in [5.41, 5.74) is 11.3. The van der Waals surface area contributed by atoms with Crippen LogP contribution in [0.25, 0.3) is 0 Å². The van der Waals surface area contributed by atoms with Crippen molar-refractivity contribution in [3.8, 4) is 0 Å². The molecule has 0 aromatic heterocycles. The minimum absolute atomic E-state index is 0.0840. The number of rotatable bonds is 15. The van der Waals surface area contributed by atoms with E-state index in [9.17, 15) is 24.3 Å². The van der Waals surface area contributed by atoms with Gasteiger partial charge in [-0.05, 0) is 44.1 Å². The molecule has 0 heterocycles. The van der Waals surface area contributed by atoms with E-state index in [1.165, 1.54) is 0 Å². The van der Waals surface area contributed by atoms with E-state index in [2.05, 4.69) is 16.0 Å². The van der Waals surface area contributed by atoms with Crippen molar-refractivity contribution < 1.29 is 24.3 Å². The highest BCUT2D eigenvalue weighted by atomic mass is 16.4. The second-order valence-corrected chi connectivity index (χ2v) is 8.39. The Labute approximate surface area is 178 Å². The summed E-state index contributed by atoms with van der Waals surface area (Å²) < 4.78 is 0. The van der Waals surface area contributed by atoms with Gasteiger partial charge in [0, 0.05) is 0 Å². The van der Waals surface area contributed by atoms with Crippen molar-refractivity contribution in [2.75, 3.05) is 13.1 Å². The van der Waals surface area contributed by atoms with Crippen molar-refractivity contribution in [2.24, 2.45) is 23.3 Å². The van der Waals surface area contributed by atoms with Crippen molar-refractivity contribution >= 4 is 23.7 Å². The van der Waals surface area contributed by atoms with Gasteiger partial charge in [0.1, 0.15) is 12.1 Å². The first-order valence-electron chi connectivity index (χ1n) is 10.5. The maximum atomic E-state index is 12.5. The molecule has 174 valence electrons. The van der Waals surface area contributed by atoms with Crippen LogP contribution in [0.4, 0.5) is 0 Å². The summed E-state index contributed by atoms with van der Waals surface area (Å²) in [5, 5.41) is 16.7. The minimum Gasteiger partial charge on any atom is -0.480 e. The molecule has 10 heteroatoms. The highest BCUT2D eigenvalue weighted by Gasteiger charge is 2.26. The average molecular weight is 430 g/mol. The van der Waals surface area contributed by atoms with Crippen LogP contribution in [-0.2, 0) is 19.2 Å². The standard InChI is InChI=1S/C20H39N5O5/c1-12(2)9-15(25-18(27)14(22)7-5-6-8-21)19(28)23-11-17(26)24-16(20(29)30)10-13(3)4/h12-16H,5-11,21-22H2,1-4H3,(H,23,28)(H,24,26)(H,25,27)(H,29,30). The number of aliphatic carboxylic acids is 1. The van der Waals surface area contributed by atoms with Crippen LogP contribution in [0.3, 0.4) is 0 Å². The van der Waals surface area contributed by atoms with Crippen LogP contribution in [-0.4, -0.2) is 60.0 Å². The third kappa shape index (κ3) is 12.4. The third-order valence-electron chi connectivity index (χ3n) is 4.41. The van der Waals surface area contributed by atoms with Gasteiger partial charge in [-0.1, -0.05) is 34.1 Å². The first-order valence-corrected chi connectivity index (χ1v) is 10.5. The van der Waals surface area contributed by atoms with Gasteiger partial charge in [-0.15, -0.1) is 0 Å². The van der Waals surface area contributed by atoms with Crippen molar-refractivity contribution in [2.45, 2.75) is 77.9 Å². The molecule has 0 saturated heterocycles. The topological polar surface area (TPSA) is 177 Å². The van der Waals surface area contributed by atoms with E-state index in [4.69, 9.17) is 11.5 Å². The summed E-state index contributed by atoms with van der Waals surface area (Å²) >= 11 is 0. The lowest BCUT2D eigenvalue weighted by atomic mass is 10.0. The molecular weight excluding hydrogens is 390 g/mol. The van der Waals surface area contributed by atoms with Gasteiger partial charge in [0.25, 0.3) is 0 Å². The van der Waals surface area contributed by atoms with Gasteiger partial charge in [0.15, 0.2) is 0 Å². The van der Waals surface area contributed by atoms with Gasteiger partial charge in [0.05, 0.1) is 12.6 Å². The monoisotopic (exact) mass is 429 g/mol. The Balaban J connectivity index is 4.77. The number of carboxylic acid groups (broad SMARTS) is 1. The molecule has 3 unspecified atom stereocenters. The van der Waals surface area contributed by atoms with E-state index < -0.39 is 41.8 Å². The fourth-order valence-corrected chi connectivity index (χ4v) is 2.85. The van der Waals surface area contributed by atoms with Crippen molar-refractivity contribution in [1.82, 2.24) is 16.0 Å². The van der Waals surface area contributed by atoms with Crippen molar-refractivity contribution in [3.05, 3.63) is 0 Å². The predicted molar refractivity (Wildman–Crippen MR) is 114 cm³/mol. The summed E-state index contributed by atoms with van der Waals surface area (Å²) in [6.07, 6.45) is 2.60. The molecule has 0 aromatic rings. The lowest BCUT2D eigenvalue weighted by Crippen LogP contribution is -2.53. The molecule has 8 N–H and O–H groups in total. The molecule has 0 aliphatic carbocycles. The SMILES string of the molecule is CC(C)CC(NC(=O)CNC(=O)C(CC(C)C)NC(=O)C(N)CCCCN)C(=O)O. The van der Waals surface area contributed by atoms with Crippen LogP contribution >= 0.6 is 0 Å². The molecular formula is C20H39N5O5. The zero-order valence-electron chi connectivity index (χ0n) is 18.6. The van der Waals surface area contributed by atoms with Crippen LogP contribution in [0.1, 0.15) is 59.8 Å². The van der Waals surface area contributed by atoms with Crippen LogP contribution < -0.4 is 27.4 Å². The smallest absolute Gasteiger partial charge is 0.326 e.